The van der Waals surface area contributed by atoms with Crippen LogP contribution in [0, 0.1) is 0 Å². The number of methoxy groups -OCH3 is 1. The molecule has 2 rings (SSSR count). The number of anilines is 1. The van der Waals surface area contributed by atoms with Gasteiger partial charge in [0.05, 0.1) is 12.8 Å². The number of nitrogens with two attached hydrogens (primary N) is 1. The third-order valence-electron chi connectivity index (χ3n) is 3.75. The van der Waals surface area contributed by atoms with Gasteiger partial charge in [-0.1, -0.05) is 12.1 Å². The molecular formula is C16H24N2O2. The van der Waals surface area contributed by atoms with Crippen molar-refractivity contribution in [1.29, 1.82) is 0 Å². The summed E-state index contributed by atoms with van der Waals surface area (Å²) < 4.78 is 5.42. The minimum absolute atomic E-state index is 0.158. The van der Waals surface area contributed by atoms with E-state index in [0.29, 0.717) is 6.42 Å². The van der Waals surface area contributed by atoms with Gasteiger partial charge >= 0.3 is 0 Å². The number of benzene rings is 1. The van der Waals surface area contributed by atoms with Gasteiger partial charge in [-0.25, -0.2) is 0 Å². The summed E-state index contributed by atoms with van der Waals surface area (Å²) in [6, 6.07) is 6.15. The van der Waals surface area contributed by atoms with Crippen LogP contribution in [0.1, 0.15) is 38.2 Å². The summed E-state index contributed by atoms with van der Waals surface area (Å²) in [5.74, 6) is 0.971. The second kappa shape index (κ2) is 6.75. The summed E-state index contributed by atoms with van der Waals surface area (Å²) in [5, 5.41) is 0. The molecule has 4 nitrogen and oxygen atoms in total. The lowest BCUT2D eigenvalue weighted by atomic mass is 10.00. The number of nitrogens with zero attached hydrogens (tertiary/aromatic N) is 1. The lowest BCUT2D eigenvalue weighted by Crippen LogP contribution is -2.35. The Hall–Kier alpha value is -1.55. The first-order valence-corrected chi connectivity index (χ1v) is 7.35. The van der Waals surface area contributed by atoms with Crippen molar-refractivity contribution in [2.24, 2.45) is 5.73 Å². The van der Waals surface area contributed by atoms with E-state index in [2.05, 4.69) is 6.07 Å². The van der Waals surface area contributed by atoms with E-state index >= 15 is 0 Å². The van der Waals surface area contributed by atoms with Crippen LogP contribution in [0.15, 0.2) is 18.2 Å². The van der Waals surface area contributed by atoms with E-state index in [1.54, 1.807) is 7.11 Å². The number of carbonyl (C=O) groups is 1. The van der Waals surface area contributed by atoms with Crippen molar-refractivity contribution in [1.82, 2.24) is 0 Å². The lowest BCUT2D eigenvalue weighted by molar-refractivity contribution is -0.118. The molecule has 1 unspecified atom stereocenters. The van der Waals surface area contributed by atoms with Gasteiger partial charge in [0.2, 0.25) is 5.91 Å². The number of amides is 1. The van der Waals surface area contributed by atoms with Gasteiger partial charge in [-0.15, -0.1) is 0 Å². The van der Waals surface area contributed by atoms with Crippen LogP contribution in [0.4, 0.5) is 5.69 Å². The molecule has 0 fully saturated rings. The molecule has 0 saturated carbocycles. The molecule has 1 aliphatic heterocycles. The molecule has 110 valence electrons. The first-order valence-electron chi connectivity index (χ1n) is 7.35. The second-order valence-corrected chi connectivity index (χ2v) is 5.49. The van der Waals surface area contributed by atoms with E-state index in [0.717, 1.165) is 43.7 Å². The number of ether oxygens (including phenoxy) is 1. The van der Waals surface area contributed by atoms with Crippen molar-refractivity contribution in [2.45, 2.75) is 45.1 Å². The van der Waals surface area contributed by atoms with E-state index in [-0.39, 0.29) is 11.9 Å². The molecule has 1 aromatic carbocycles. The van der Waals surface area contributed by atoms with E-state index in [1.165, 1.54) is 5.56 Å². The Kier molecular flexibility index (Phi) is 5.01. The van der Waals surface area contributed by atoms with Gasteiger partial charge in [0, 0.05) is 19.0 Å². The van der Waals surface area contributed by atoms with Gasteiger partial charge in [0.25, 0.3) is 0 Å². The molecule has 0 saturated heterocycles. The highest BCUT2D eigenvalue weighted by molar-refractivity contribution is 5.96. The molecule has 1 heterocycles. The van der Waals surface area contributed by atoms with Crippen LogP contribution in [0.2, 0.25) is 0 Å². The van der Waals surface area contributed by atoms with Crippen molar-refractivity contribution in [3.05, 3.63) is 23.8 Å². The molecule has 1 amide bonds. The standard InChI is InChI=1S/C16H24N2O2/c1-12(17)6-3-10-15(19)18-11-5-8-13-7-4-9-14(20-2)16(13)18/h4,7,9,12H,3,5-6,8,10-11,17H2,1-2H3. The monoisotopic (exact) mass is 276 g/mol. The quantitative estimate of drug-likeness (QED) is 0.899. The van der Waals surface area contributed by atoms with E-state index < -0.39 is 0 Å². The Bertz CT molecular complexity index is 457. The van der Waals surface area contributed by atoms with Crippen LogP contribution < -0.4 is 15.4 Å². The normalized spacial score (nSPS) is 15.7. The van der Waals surface area contributed by atoms with Gasteiger partial charge in [0.1, 0.15) is 5.75 Å². The molecule has 0 aromatic heterocycles. The summed E-state index contributed by atoms with van der Waals surface area (Å²) in [6.07, 6.45) is 4.31. The second-order valence-electron chi connectivity index (χ2n) is 5.49. The van der Waals surface area contributed by atoms with E-state index in [1.807, 2.05) is 24.0 Å². The van der Waals surface area contributed by atoms with Gasteiger partial charge in [-0.05, 0) is 44.2 Å². The summed E-state index contributed by atoms with van der Waals surface area (Å²) in [7, 11) is 1.66. The summed E-state index contributed by atoms with van der Waals surface area (Å²) in [6.45, 7) is 2.76. The van der Waals surface area contributed by atoms with Crippen LogP contribution >= 0.6 is 0 Å². The third kappa shape index (κ3) is 3.31. The fourth-order valence-electron chi connectivity index (χ4n) is 2.74. The highest BCUT2D eigenvalue weighted by Crippen LogP contribution is 2.36. The number of hydrogen-bond acceptors (Lipinski definition) is 3. The predicted molar refractivity (Wildman–Crippen MR) is 81.2 cm³/mol. The molecule has 1 aliphatic rings. The average molecular weight is 276 g/mol. The van der Waals surface area contributed by atoms with Crippen LogP contribution in [0.5, 0.6) is 5.75 Å². The molecular weight excluding hydrogens is 252 g/mol. The molecule has 1 atom stereocenters. The predicted octanol–water partition coefficient (Wildman–Crippen LogP) is 2.49. The Labute approximate surface area is 120 Å². The summed E-state index contributed by atoms with van der Waals surface area (Å²) >= 11 is 0. The third-order valence-corrected chi connectivity index (χ3v) is 3.75. The molecule has 4 heteroatoms. The van der Waals surface area contributed by atoms with Crippen molar-refractivity contribution in [3.8, 4) is 5.75 Å². The first-order chi connectivity index (χ1) is 9.63. The maximum atomic E-state index is 12.4. The lowest BCUT2D eigenvalue weighted by Gasteiger charge is -2.31. The number of rotatable bonds is 5. The Morgan fingerprint density at radius 2 is 2.30 bits per heavy atom. The zero-order chi connectivity index (χ0) is 14.5. The van der Waals surface area contributed by atoms with Crippen molar-refractivity contribution in [3.63, 3.8) is 0 Å². The minimum Gasteiger partial charge on any atom is -0.495 e. The number of hydrogen-bond donors (Lipinski definition) is 1. The highest BCUT2D eigenvalue weighted by Gasteiger charge is 2.25. The fourth-order valence-corrected chi connectivity index (χ4v) is 2.74. The minimum atomic E-state index is 0.158. The van der Waals surface area contributed by atoms with Crippen molar-refractivity contribution < 1.29 is 9.53 Å². The van der Waals surface area contributed by atoms with Gasteiger partial charge in [0.15, 0.2) is 0 Å². The largest absolute Gasteiger partial charge is 0.495 e. The topological polar surface area (TPSA) is 55.6 Å². The molecule has 20 heavy (non-hydrogen) atoms. The van der Waals surface area contributed by atoms with Crippen molar-refractivity contribution >= 4 is 11.6 Å². The highest BCUT2D eigenvalue weighted by atomic mass is 16.5. The maximum absolute atomic E-state index is 12.4. The molecule has 0 spiro atoms. The molecule has 2 N–H and O–H groups in total. The number of para-hydroxylation sites is 1. The Balaban J connectivity index is 2.13. The maximum Gasteiger partial charge on any atom is 0.227 e. The molecule has 0 radical (unpaired) electrons. The molecule has 1 aromatic rings. The van der Waals surface area contributed by atoms with Crippen LogP contribution in [0.25, 0.3) is 0 Å². The number of aryl methyl sites for hydroxylation is 1. The first kappa shape index (κ1) is 14.9. The Morgan fingerprint density at radius 3 is 3.00 bits per heavy atom. The SMILES string of the molecule is COc1cccc2c1N(C(=O)CCCC(C)N)CCC2. The Morgan fingerprint density at radius 1 is 1.50 bits per heavy atom. The molecule has 0 aliphatic carbocycles. The van der Waals surface area contributed by atoms with Crippen LogP contribution in [-0.4, -0.2) is 25.6 Å². The fraction of sp³-hybridized carbons (Fsp3) is 0.562. The van der Waals surface area contributed by atoms with Gasteiger partial charge < -0.3 is 15.4 Å². The van der Waals surface area contributed by atoms with Gasteiger partial charge in [-0.3, -0.25) is 4.79 Å². The van der Waals surface area contributed by atoms with Gasteiger partial charge in [-0.2, -0.15) is 0 Å². The smallest absolute Gasteiger partial charge is 0.227 e. The zero-order valence-electron chi connectivity index (χ0n) is 12.4. The summed E-state index contributed by atoms with van der Waals surface area (Å²) in [5.41, 5.74) is 7.90. The van der Waals surface area contributed by atoms with Crippen LogP contribution in [-0.2, 0) is 11.2 Å². The van der Waals surface area contributed by atoms with E-state index in [9.17, 15) is 4.79 Å². The molecule has 0 bridgehead atoms. The van der Waals surface area contributed by atoms with Crippen LogP contribution in [0.3, 0.4) is 0 Å². The zero-order valence-corrected chi connectivity index (χ0v) is 12.4. The summed E-state index contributed by atoms with van der Waals surface area (Å²) in [4.78, 5) is 14.3. The average Bonchev–Trinajstić information content (AvgIpc) is 2.45. The number of fused-ring (bicyclic) bond motifs is 1. The van der Waals surface area contributed by atoms with E-state index in [4.69, 9.17) is 10.5 Å². The number of carbonyl (C=O) groups excluding carboxylic acids is 1. The van der Waals surface area contributed by atoms with Crippen molar-refractivity contribution in [2.75, 3.05) is 18.6 Å².